The lowest BCUT2D eigenvalue weighted by Crippen LogP contribution is -2.63. The Kier molecular flexibility index (Phi) is 4.03. The number of nitrogens with zero attached hydrogens (tertiary/aromatic N) is 2. The van der Waals surface area contributed by atoms with Crippen molar-refractivity contribution in [1.82, 2.24) is 10.3 Å². The van der Waals surface area contributed by atoms with Gasteiger partial charge in [-0.1, -0.05) is 0 Å². The van der Waals surface area contributed by atoms with E-state index in [0.717, 1.165) is 32.1 Å². The molecule has 0 spiro atoms. The van der Waals surface area contributed by atoms with Gasteiger partial charge in [0.05, 0.1) is 16.7 Å². The average Bonchev–Trinajstić information content (AvgIpc) is 2.63. The van der Waals surface area contributed by atoms with Crippen molar-refractivity contribution in [3.63, 3.8) is 0 Å². The van der Waals surface area contributed by atoms with Crippen molar-refractivity contribution in [2.75, 3.05) is 0 Å². The van der Waals surface area contributed by atoms with Gasteiger partial charge in [0.15, 0.2) is 0 Å². The number of carbonyl (C=O) groups is 2. The number of primary amides is 1. The summed E-state index contributed by atoms with van der Waals surface area (Å²) >= 11 is 0. The number of nitriles is 1. The number of hydrogen-bond donors (Lipinski definition) is 2. The molecule has 0 aliphatic heterocycles. The van der Waals surface area contributed by atoms with Gasteiger partial charge < -0.3 is 11.1 Å². The maximum Gasteiger partial charge on any atom is 0.231 e. The topological polar surface area (TPSA) is 109 Å². The second-order valence-electron chi connectivity index (χ2n) is 9.25. The van der Waals surface area contributed by atoms with Crippen LogP contribution >= 0.6 is 0 Å². The lowest BCUT2D eigenvalue weighted by molar-refractivity contribution is -0.148. The van der Waals surface area contributed by atoms with E-state index in [1.807, 2.05) is 13.8 Å². The van der Waals surface area contributed by atoms with E-state index in [2.05, 4.69) is 16.4 Å². The molecule has 6 nitrogen and oxygen atoms in total. The van der Waals surface area contributed by atoms with Crippen molar-refractivity contribution < 1.29 is 9.59 Å². The van der Waals surface area contributed by atoms with Gasteiger partial charge in [0.2, 0.25) is 11.8 Å². The van der Waals surface area contributed by atoms with E-state index in [4.69, 9.17) is 5.73 Å². The summed E-state index contributed by atoms with van der Waals surface area (Å²) in [7, 11) is 0. The minimum atomic E-state index is -0.900. The second kappa shape index (κ2) is 6.05. The summed E-state index contributed by atoms with van der Waals surface area (Å²) in [6.45, 7) is 3.62. The van der Waals surface area contributed by atoms with Crippen molar-refractivity contribution >= 4 is 11.8 Å². The van der Waals surface area contributed by atoms with Gasteiger partial charge in [0.1, 0.15) is 6.07 Å². The molecule has 6 heteroatoms. The van der Waals surface area contributed by atoms with Gasteiger partial charge in [-0.3, -0.25) is 14.6 Å². The SMILES string of the molecule is CC(C)(C(=O)NC1C2CC3CC1CC(C(N)=O)(C3)C2)c1ncccc1C#N. The predicted octanol–water partition coefficient (Wildman–Crippen LogP) is 2.03. The third kappa shape index (κ3) is 2.72. The summed E-state index contributed by atoms with van der Waals surface area (Å²) in [5, 5.41) is 12.6. The normalized spacial score (nSPS) is 34.1. The van der Waals surface area contributed by atoms with Crippen molar-refractivity contribution in [3.05, 3.63) is 29.6 Å². The Balaban J connectivity index is 1.56. The summed E-state index contributed by atoms with van der Waals surface area (Å²) in [6.07, 6.45) is 6.22. The fraction of sp³-hybridized carbons (Fsp3) is 0.619. The highest BCUT2D eigenvalue weighted by Gasteiger charge is 2.58. The molecule has 5 rings (SSSR count). The number of amides is 2. The van der Waals surface area contributed by atoms with E-state index in [9.17, 15) is 14.9 Å². The predicted molar refractivity (Wildman–Crippen MR) is 99.1 cm³/mol. The van der Waals surface area contributed by atoms with Crippen LogP contribution in [0.1, 0.15) is 57.2 Å². The largest absolute Gasteiger partial charge is 0.369 e. The molecule has 4 bridgehead atoms. The molecule has 4 aliphatic carbocycles. The minimum absolute atomic E-state index is 0.0787. The molecule has 1 aromatic heterocycles. The summed E-state index contributed by atoms with van der Waals surface area (Å²) in [4.78, 5) is 29.6. The summed E-state index contributed by atoms with van der Waals surface area (Å²) in [6, 6.07) is 5.61. The Hall–Kier alpha value is -2.42. The number of hydrogen-bond acceptors (Lipinski definition) is 4. The van der Waals surface area contributed by atoms with E-state index in [1.165, 1.54) is 0 Å². The third-order valence-corrected chi connectivity index (χ3v) is 7.18. The van der Waals surface area contributed by atoms with E-state index in [0.29, 0.717) is 29.0 Å². The van der Waals surface area contributed by atoms with Crippen molar-refractivity contribution in [3.8, 4) is 6.07 Å². The molecular weight excluding hydrogens is 340 g/mol. The number of nitrogens with two attached hydrogens (primary N) is 1. The van der Waals surface area contributed by atoms with Gasteiger partial charge >= 0.3 is 0 Å². The first kappa shape index (κ1) is 18.0. The molecule has 2 amide bonds. The van der Waals surface area contributed by atoms with Crippen LogP contribution in [-0.4, -0.2) is 22.8 Å². The molecule has 142 valence electrons. The maximum atomic E-state index is 13.2. The molecule has 0 saturated heterocycles. The molecule has 3 N–H and O–H groups in total. The summed E-state index contributed by atoms with van der Waals surface area (Å²) in [5.74, 6) is 0.893. The Labute approximate surface area is 159 Å². The van der Waals surface area contributed by atoms with Crippen LogP contribution in [0.4, 0.5) is 0 Å². The van der Waals surface area contributed by atoms with Crippen LogP contribution < -0.4 is 11.1 Å². The Morgan fingerprint density at radius 2 is 1.96 bits per heavy atom. The quantitative estimate of drug-likeness (QED) is 0.849. The zero-order chi connectivity index (χ0) is 19.4. The van der Waals surface area contributed by atoms with Crippen LogP contribution in [-0.2, 0) is 15.0 Å². The van der Waals surface area contributed by atoms with Gasteiger partial charge in [-0.25, -0.2) is 0 Å². The van der Waals surface area contributed by atoms with Crippen LogP contribution in [0.5, 0.6) is 0 Å². The molecule has 4 saturated carbocycles. The van der Waals surface area contributed by atoms with E-state index < -0.39 is 5.41 Å². The highest BCUT2D eigenvalue weighted by molar-refractivity contribution is 5.88. The molecule has 2 atom stereocenters. The first-order valence-corrected chi connectivity index (χ1v) is 9.73. The zero-order valence-corrected chi connectivity index (χ0v) is 15.9. The van der Waals surface area contributed by atoms with Gasteiger partial charge in [0, 0.05) is 17.7 Å². The molecule has 0 radical (unpaired) electrons. The van der Waals surface area contributed by atoms with Gasteiger partial charge in [-0.2, -0.15) is 5.26 Å². The Morgan fingerprint density at radius 3 is 2.56 bits per heavy atom. The van der Waals surface area contributed by atoms with Crippen LogP contribution in [0.25, 0.3) is 0 Å². The fourth-order valence-corrected chi connectivity index (χ4v) is 5.99. The molecule has 2 unspecified atom stereocenters. The second-order valence-corrected chi connectivity index (χ2v) is 9.25. The smallest absolute Gasteiger partial charge is 0.231 e. The monoisotopic (exact) mass is 366 g/mol. The standard InChI is InChI=1S/C21H26N4O2/c1-20(2,17-13(11-22)4-3-5-24-17)19(27)25-16-14-6-12-7-15(16)10-21(8-12,9-14)18(23)26/h3-5,12,14-16H,6-10H2,1-2H3,(H2,23,26)(H,25,27). The zero-order valence-electron chi connectivity index (χ0n) is 15.9. The first-order valence-electron chi connectivity index (χ1n) is 9.73. The lowest BCUT2D eigenvalue weighted by Gasteiger charge is -2.59. The maximum absolute atomic E-state index is 13.2. The van der Waals surface area contributed by atoms with E-state index >= 15 is 0 Å². The van der Waals surface area contributed by atoms with Crippen LogP contribution in [0.2, 0.25) is 0 Å². The molecule has 1 heterocycles. The summed E-state index contributed by atoms with van der Waals surface area (Å²) in [5.41, 5.74) is 5.42. The van der Waals surface area contributed by atoms with E-state index in [1.54, 1.807) is 18.3 Å². The van der Waals surface area contributed by atoms with Crippen molar-refractivity contribution in [1.29, 1.82) is 5.26 Å². The van der Waals surface area contributed by atoms with Gasteiger partial charge in [0.25, 0.3) is 0 Å². The minimum Gasteiger partial charge on any atom is -0.369 e. The molecule has 27 heavy (non-hydrogen) atoms. The lowest BCUT2D eigenvalue weighted by atomic mass is 9.47. The molecule has 4 aliphatic rings. The Bertz CT molecular complexity index is 825. The average molecular weight is 366 g/mol. The number of rotatable bonds is 4. The number of nitrogens with one attached hydrogen (secondary N) is 1. The fourth-order valence-electron chi connectivity index (χ4n) is 5.99. The van der Waals surface area contributed by atoms with Gasteiger partial charge in [-0.05, 0) is 75.8 Å². The summed E-state index contributed by atoms with van der Waals surface area (Å²) < 4.78 is 0. The van der Waals surface area contributed by atoms with Crippen LogP contribution in [0.3, 0.4) is 0 Å². The number of carbonyl (C=O) groups excluding carboxylic acids is 2. The van der Waals surface area contributed by atoms with Crippen LogP contribution in [0, 0.1) is 34.5 Å². The van der Waals surface area contributed by atoms with Gasteiger partial charge in [-0.15, -0.1) is 0 Å². The van der Waals surface area contributed by atoms with Crippen molar-refractivity contribution in [2.45, 2.75) is 57.4 Å². The molecule has 1 aromatic rings. The number of pyridine rings is 1. The molecule has 0 aromatic carbocycles. The van der Waals surface area contributed by atoms with Crippen LogP contribution in [0.15, 0.2) is 18.3 Å². The third-order valence-electron chi connectivity index (χ3n) is 7.18. The number of aromatic nitrogens is 1. The molecule has 4 fully saturated rings. The molecular formula is C21H26N4O2. The first-order chi connectivity index (χ1) is 12.8. The van der Waals surface area contributed by atoms with Crippen molar-refractivity contribution in [2.24, 2.45) is 28.9 Å². The van der Waals surface area contributed by atoms with E-state index in [-0.39, 0.29) is 23.3 Å². The highest BCUT2D eigenvalue weighted by Crippen LogP contribution is 2.60. The highest BCUT2D eigenvalue weighted by atomic mass is 16.2. The Morgan fingerprint density at radius 1 is 1.30 bits per heavy atom.